The molecule has 2 heteroatoms. The molecule has 1 aliphatic rings. The zero-order valence-electron chi connectivity index (χ0n) is 10.4. The highest BCUT2D eigenvalue weighted by Crippen LogP contribution is 2.21. The van der Waals surface area contributed by atoms with E-state index < -0.39 is 0 Å². The molecule has 0 aromatic carbocycles. The van der Waals surface area contributed by atoms with Crippen LogP contribution >= 0.6 is 0 Å². The second-order valence-corrected chi connectivity index (χ2v) is 4.69. The first-order valence-corrected chi connectivity index (χ1v) is 6.68. The van der Waals surface area contributed by atoms with Crippen LogP contribution in [0.15, 0.2) is 0 Å². The van der Waals surface area contributed by atoms with Crippen LogP contribution in [0, 0.1) is 5.92 Å². The zero-order valence-corrected chi connectivity index (χ0v) is 10.4. The number of ether oxygens (including phenoxy) is 1. The van der Waals surface area contributed by atoms with Gasteiger partial charge >= 0.3 is 0 Å². The third-order valence-electron chi connectivity index (χ3n) is 3.36. The van der Waals surface area contributed by atoms with Gasteiger partial charge in [0.15, 0.2) is 0 Å². The van der Waals surface area contributed by atoms with Crippen LogP contribution in [-0.4, -0.2) is 25.8 Å². The van der Waals surface area contributed by atoms with Crippen molar-refractivity contribution in [2.24, 2.45) is 5.92 Å². The molecule has 0 bridgehead atoms. The predicted octanol–water partition coefficient (Wildman–Crippen LogP) is 2.97. The summed E-state index contributed by atoms with van der Waals surface area (Å²) in [5.74, 6) is 0.902. The summed E-state index contributed by atoms with van der Waals surface area (Å²) in [5, 5.41) is 3.62. The van der Waals surface area contributed by atoms with Gasteiger partial charge in [0, 0.05) is 19.3 Å². The highest BCUT2D eigenvalue weighted by atomic mass is 16.5. The highest BCUT2D eigenvalue weighted by molar-refractivity contribution is 4.73. The van der Waals surface area contributed by atoms with Crippen molar-refractivity contribution in [1.82, 2.24) is 5.32 Å². The minimum atomic E-state index is 0.748. The van der Waals surface area contributed by atoms with Gasteiger partial charge in [-0.3, -0.25) is 0 Å². The predicted molar refractivity (Wildman–Crippen MR) is 65.1 cm³/mol. The number of nitrogens with one attached hydrogen (secondary N) is 1. The standard InChI is InChI=1S/C13H27NO/c1-3-5-6-13(14-4-2)11-12-7-9-15-10-8-12/h12-14H,3-11H2,1-2H3. The van der Waals surface area contributed by atoms with Crippen molar-refractivity contribution < 1.29 is 4.74 Å². The van der Waals surface area contributed by atoms with Gasteiger partial charge in [0.25, 0.3) is 0 Å². The average Bonchev–Trinajstić information content (AvgIpc) is 2.28. The summed E-state index contributed by atoms with van der Waals surface area (Å²) < 4.78 is 5.40. The molecule has 1 N–H and O–H groups in total. The Balaban J connectivity index is 2.21. The van der Waals surface area contributed by atoms with Crippen LogP contribution in [0.25, 0.3) is 0 Å². The lowest BCUT2D eigenvalue weighted by atomic mass is 9.90. The van der Waals surface area contributed by atoms with Crippen LogP contribution < -0.4 is 5.32 Å². The van der Waals surface area contributed by atoms with E-state index in [1.54, 1.807) is 0 Å². The molecule has 1 saturated heterocycles. The summed E-state index contributed by atoms with van der Waals surface area (Å²) in [6.07, 6.45) is 7.93. The quantitative estimate of drug-likeness (QED) is 0.702. The van der Waals surface area contributed by atoms with E-state index in [1.807, 2.05) is 0 Å². The maximum atomic E-state index is 5.40. The SMILES string of the molecule is CCCCC(CC1CCOCC1)NCC. The van der Waals surface area contributed by atoms with Crippen molar-refractivity contribution in [3.63, 3.8) is 0 Å². The lowest BCUT2D eigenvalue weighted by molar-refractivity contribution is 0.0602. The van der Waals surface area contributed by atoms with E-state index in [-0.39, 0.29) is 0 Å². The third kappa shape index (κ3) is 5.53. The molecule has 1 rings (SSSR count). The second-order valence-electron chi connectivity index (χ2n) is 4.69. The molecule has 0 saturated carbocycles. The van der Waals surface area contributed by atoms with Crippen LogP contribution in [0.1, 0.15) is 52.4 Å². The van der Waals surface area contributed by atoms with Crippen LogP contribution in [0.3, 0.4) is 0 Å². The molecule has 0 aliphatic carbocycles. The fourth-order valence-electron chi connectivity index (χ4n) is 2.43. The molecular weight excluding hydrogens is 186 g/mol. The smallest absolute Gasteiger partial charge is 0.0468 e. The van der Waals surface area contributed by atoms with Crippen molar-refractivity contribution in [2.75, 3.05) is 19.8 Å². The molecule has 1 unspecified atom stereocenters. The largest absolute Gasteiger partial charge is 0.381 e. The van der Waals surface area contributed by atoms with Crippen LogP contribution in [0.2, 0.25) is 0 Å². The fourth-order valence-corrected chi connectivity index (χ4v) is 2.43. The van der Waals surface area contributed by atoms with Crippen LogP contribution in [0.4, 0.5) is 0 Å². The number of hydrogen-bond donors (Lipinski definition) is 1. The van der Waals surface area contributed by atoms with E-state index in [0.717, 1.165) is 31.7 Å². The van der Waals surface area contributed by atoms with E-state index in [9.17, 15) is 0 Å². The van der Waals surface area contributed by atoms with E-state index >= 15 is 0 Å². The molecule has 0 aromatic rings. The van der Waals surface area contributed by atoms with Gasteiger partial charge in [0.05, 0.1) is 0 Å². The second kappa shape index (κ2) is 8.12. The molecule has 0 spiro atoms. The highest BCUT2D eigenvalue weighted by Gasteiger charge is 2.18. The first kappa shape index (κ1) is 13.0. The molecule has 15 heavy (non-hydrogen) atoms. The summed E-state index contributed by atoms with van der Waals surface area (Å²) in [4.78, 5) is 0. The average molecular weight is 213 g/mol. The Morgan fingerprint density at radius 2 is 2.00 bits per heavy atom. The summed E-state index contributed by atoms with van der Waals surface area (Å²) in [6.45, 7) is 7.56. The number of unbranched alkanes of at least 4 members (excludes halogenated alkanes) is 1. The molecular formula is C13H27NO. The van der Waals surface area contributed by atoms with Gasteiger partial charge in [-0.1, -0.05) is 26.7 Å². The summed E-state index contributed by atoms with van der Waals surface area (Å²) in [6, 6.07) is 0.748. The first-order chi connectivity index (χ1) is 7.36. The first-order valence-electron chi connectivity index (χ1n) is 6.68. The van der Waals surface area contributed by atoms with Crippen LogP contribution in [0.5, 0.6) is 0 Å². The van der Waals surface area contributed by atoms with Gasteiger partial charge in [0.1, 0.15) is 0 Å². The topological polar surface area (TPSA) is 21.3 Å². The normalized spacial score (nSPS) is 20.4. The Morgan fingerprint density at radius 1 is 1.27 bits per heavy atom. The summed E-state index contributed by atoms with van der Waals surface area (Å²) in [5.41, 5.74) is 0. The van der Waals surface area contributed by atoms with E-state index in [2.05, 4.69) is 19.2 Å². The Kier molecular flexibility index (Phi) is 7.03. The molecule has 0 aromatic heterocycles. The minimum Gasteiger partial charge on any atom is -0.381 e. The molecule has 1 heterocycles. The molecule has 90 valence electrons. The van der Waals surface area contributed by atoms with E-state index in [0.29, 0.717) is 0 Å². The van der Waals surface area contributed by atoms with Gasteiger partial charge in [-0.2, -0.15) is 0 Å². The number of rotatable bonds is 7. The van der Waals surface area contributed by atoms with E-state index in [1.165, 1.54) is 38.5 Å². The molecule has 1 aliphatic heterocycles. The van der Waals surface area contributed by atoms with Crippen LogP contribution in [-0.2, 0) is 4.74 Å². The lowest BCUT2D eigenvalue weighted by Crippen LogP contribution is -2.32. The fraction of sp³-hybridized carbons (Fsp3) is 1.00. The van der Waals surface area contributed by atoms with Crippen molar-refractivity contribution in [2.45, 2.75) is 58.4 Å². The summed E-state index contributed by atoms with van der Waals surface area (Å²) in [7, 11) is 0. The van der Waals surface area contributed by atoms with Gasteiger partial charge < -0.3 is 10.1 Å². The number of hydrogen-bond acceptors (Lipinski definition) is 2. The van der Waals surface area contributed by atoms with Gasteiger partial charge in [0.2, 0.25) is 0 Å². The third-order valence-corrected chi connectivity index (χ3v) is 3.36. The Morgan fingerprint density at radius 3 is 2.60 bits per heavy atom. The zero-order chi connectivity index (χ0) is 10.9. The molecule has 0 amide bonds. The lowest BCUT2D eigenvalue weighted by Gasteiger charge is -2.27. The molecule has 0 radical (unpaired) electrons. The van der Waals surface area contributed by atoms with Crippen molar-refractivity contribution in [3.05, 3.63) is 0 Å². The summed E-state index contributed by atoms with van der Waals surface area (Å²) >= 11 is 0. The molecule has 2 nitrogen and oxygen atoms in total. The van der Waals surface area contributed by atoms with Crippen molar-refractivity contribution >= 4 is 0 Å². The Hall–Kier alpha value is -0.0800. The van der Waals surface area contributed by atoms with Gasteiger partial charge in [-0.15, -0.1) is 0 Å². The minimum absolute atomic E-state index is 0.748. The monoisotopic (exact) mass is 213 g/mol. The maximum Gasteiger partial charge on any atom is 0.0468 e. The van der Waals surface area contributed by atoms with Crippen molar-refractivity contribution in [1.29, 1.82) is 0 Å². The van der Waals surface area contributed by atoms with E-state index in [4.69, 9.17) is 4.74 Å². The molecule has 1 atom stereocenters. The van der Waals surface area contributed by atoms with Gasteiger partial charge in [-0.25, -0.2) is 0 Å². The Labute approximate surface area is 94.8 Å². The maximum absolute atomic E-state index is 5.40. The van der Waals surface area contributed by atoms with Crippen molar-refractivity contribution in [3.8, 4) is 0 Å². The molecule has 1 fully saturated rings. The Bertz CT molecular complexity index is 143. The van der Waals surface area contributed by atoms with Gasteiger partial charge in [-0.05, 0) is 38.1 Å².